The molecule has 0 aliphatic carbocycles. The van der Waals surface area contributed by atoms with Crippen molar-refractivity contribution in [1.82, 2.24) is 19.3 Å². The first-order chi connectivity index (χ1) is 12.7. The molecule has 10 nitrogen and oxygen atoms in total. The lowest BCUT2D eigenvalue weighted by Crippen LogP contribution is -2.29. The Labute approximate surface area is 153 Å². The van der Waals surface area contributed by atoms with Crippen molar-refractivity contribution in [3.8, 4) is 0 Å². The second-order valence-corrected chi connectivity index (χ2v) is 7.00. The first-order valence-electron chi connectivity index (χ1n) is 8.15. The third kappa shape index (κ3) is 3.68. The van der Waals surface area contributed by atoms with Gasteiger partial charge in [0.1, 0.15) is 18.3 Å². The van der Waals surface area contributed by atoms with Crippen LogP contribution in [-0.4, -0.2) is 30.2 Å². The van der Waals surface area contributed by atoms with Gasteiger partial charge in [-0.3, -0.25) is 24.3 Å². The Bertz CT molecular complexity index is 1090. The number of aromatic nitrogens is 4. The number of nitro benzene ring substituents is 1. The number of carbonyl (C=O) groups excluding carboxylic acids is 1. The van der Waals surface area contributed by atoms with Gasteiger partial charge in [-0.15, -0.1) is 0 Å². The van der Waals surface area contributed by atoms with Crippen LogP contribution in [0.2, 0.25) is 0 Å². The molecule has 0 saturated heterocycles. The molecule has 0 spiro atoms. The Morgan fingerprint density at radius 2 is 2.07 bits per heavy atom. The quantitative estimate of drug-likeness (QED) is 0.552. The summed E-state index contributed by atoms with van der Waals surface area (Å²) in [6.07, 6.45) is 2.73. The summed E-state index contributed by atoms with van der Waals surface area (Å²) in [4.78, 5) is 39.3. The molecule has 1 N–H and O–H groups in total. The molecule has 0 fully saturated rings. The number of amides is 1. The van der Waals surface area contributed by atoms with Gasteiger partial charge in [0.2, 0.25) is 5.91 Å². The molecular weight excluding hydrogens is 352 g/mol. The average Bonchev–Trinajstić information content (AvgIpc) is 3.02. The maximum absolute atomic E-state index is 12.6. The Morgan fingerprint density at radius 1 is 1.33 bits per heavy atom. The zero-order valence-corrected chi connectivity index (χ0v) is 15.0. The minimum atomic E-state index is -0.551. The van der Waals surface area contributed by atoms with Crippen molar-refractivity contribution in [3.05, 3.63) is 57.3 Å². The van der Waals surface area contributed by atoms with Crippen LogP contribution in [0.25, 0.3) is 11.0 Å². The van der Waals surface area contributed by atoms with Gasteiger partial charge in [-0.1, -0.05) is 6.07 Å². The molecule has 0 bridgehead atoms. The van der Waals surface area contributed by atoms with Crippen LogP contribution in [0.15, 0.2) is 41.6 Å². The minimum absolute atomic E-state index is 0.136. The molecule has 1 amide bonds. The van der Waals surface area contributed by atoms with Crippen LogP contribution in [0.1, 0.15) is 20.8 Å². The Balaban J connectivity index is 1.83. The highest BCUT2D eigenvalue weighted by molar-refractivity contribution is 5.91. The summed E-state index contributed by atoms with van der Waals surface area (Å²) < 4.78 is 2.82. The average molecular weight is 370 g/mol. The maximum Gasteiger partial charge on any atom is 0.271 e. The molecular formula is C17H18N6O4. The predicted octanol–water partition coefficient (Wildman–Crippen LogP) is 1.89. The van der Waals surface area contributed by atoms with Crippen molar-refractivity contribution in [3.63, 3.8) is 0 Å². The highest BCUT2D eigenvalue weighted by Gasteiger charge is 2.20. The second-order valence-electron chi connectivity index (χ2n) is 7.00. The molecule has 0 saturated carbocycles. The zero-order valence-electron chi connectivity index (χ0n) is 15.0. The van der Waals surface area contributed by atoms with E-state index in [1.54, 1.807) is 4.68 Å². The second kappa shape index (κ2) is 6.63. The fraction of sp³-hybridized carbons (Fsp3) is 0.294. The largest absolute Gasteiger partial charge is 0.324 e. The number of nitro groups is 1. The standard InChI is InChI=1S/C17H18N6O4/c1-17(2,3)22-15-13(8-19-22)16(25)21(10-18-15)9-14(24)20-11-5-4-6-12(7-11)23(26)27/h4-8,10H,9H2,1-3H3,(H,20,24). The van der Waals surface area contributed by atoms with E-state index < -0.39 is 10.8 Å². The summed E-state index contributed by atoms with van der Waals surface area (Å²) in [5.74, 6) is -0.498. The number of hydrogen-bond donors (Lipinski definition) is 1. The van der Waals surface area contributed by atoms with Gasteiger partial charge in [-0.05, 0) is 26.8 Å². The minimum Gasteiger partial charge on any atom is -0.324 e. The molecule has 0 radical (unpaired) electrons. The van der Waals surface area contributed by atoms with Crippen molar-refractivity contribution >= 4 is 28.3 Å². The van der Waals surface area contributed by atoms with E-state index in [2.05, 4.69) is 15.4 Å². The zero-order chi connectivity index (χ0) is 19.8. The van der Waals surface area contributed by atoms with E-state index >= 15 is 0 Å². The van der Waals surface area contributed by atoms with Crippen molar-refractivity contribution < 1.29 is 9.72 Å². The Hall–Kier alpha value is -3.56. The van der Waals surface area contributed by atoms with Crippen molar-refractivity contribution in [2.45, 2.75) is 32.9 Å². The number of carbonyl (C=O) groups is 1. The van der Waals surface area contributed by atoms with Crippen molar-refractivity contribution in [2.75, 3.05) is 5.32 Å². The first kappa shape index (κ1) is 18.2. The van der Waals surface area contributed by atoms with Gasteiger partial charge in [-0.25, -0.2) is 9.67 Å². The monoisotopic (exact) mass is 370 g/mol. The van der Waals surface area contributed by atoms with Gasteiger partial charge >= 0.3 is 0 Å². The first-order valence-corrected chi connectivity index (χ1v) is 8.15. The van der Waals surface area contributed by atoms with Crippen LogP contribution in [0.4, 0.5) is 11.4 Å². The number of anilines is 1. The normalized spacial score (nSPS) is 11.5. The predicted molar refractivity (Wildman–Crippen MR) is 98.5 cm³/mol. The maximum atomic E-state index is 12.6. The van der Waals surface area contributed by atoms with Crippen LogP contribution in [0.3, 0.4) is 0 Å². The number of fused-ring (bicyclic) bond motifs is 1. The van der Waals surface area contributed by atoms with Gasteiger partial charge in [0.05, 0.1) is 16.7 Å². The summed E-state index contributed by atoms with van der Waals surface area (Å²) in [7, 11) is 0. The molecule has 2 aromatic heterocycles. The van der Waals surface area contributed by atoms with Gasteiger partial charge in [0, 0.05) is 17.8 Å². The van der Waals surface area contributed by atoms with Gasteiger partial charge in [0.25, 0.3) is 11.2 Å². The number of hydrogen-bond acceptors (Lipinski definition) is 6. The molecule has 27 heavy (non-hydrogen) atoms. The fourth-order valence-corrected chi connectivity index (χ4v) is 2.60. The molecule has 2 heterocycles. The van der Waals surface area contributed by atoms with E-state index in [4.69, 9.17) is 0 Å². The van der Waals surface area contributed by atoms with E-state index in [1.807, 2.05) is 20.8 Å². The number of rotatable bonds is 4. The highest BCUT2D eigenvalue weighted by atomic mass is 16.6. The number of non-ortho nitro benzene ring substituents is 1. The Morgan fingerprint density at radius 3 is 2.74 bits per heavy atom. The van der Waals surface area contributed by atoms with Gasteiger partial charge < -0.3 is 5.32 Å². The van der Waals surface area contributed by atoms with Gasteiger partial charge in [0.15, 0.2) is 5.65 Å². The number of nitrogens with zero attached hydrogens (tertiary/aromatic N) is 5. The summed E-state index contributed by atoms with van der Waals surface area (Å²) in [6, 6.07) is 5.57. The molecule has 140 valence electrons. The molecule has 0 aliphatic heterocycles. The van der Waals surface area contributed by atoms with E-state index in [9.17, 15) is 19.7 Å². The number of nitrogens with one attached hydrogen (secondary N) is 1. The fourth-order valence-electron chi connectivity index (χ4n) is 2.60. The lowest BCUT2D eigenvalue weighted by Gasteiger charge is -2.19. The molecule has 3 aromatic rings. The third-order valence-corrected chi connectivity index (χ3v) is 3.84. The smallest absolute Gasteiger partial charge is 0.271 e. The van der Waals surface area contributed by atoms with E-state index in [0.29, 0.717) is 11.0 Å². The lowest BCUT2D eigenvalue weighted by atomic mass is 10.1. The Kier molecular flexibility index (Phi) is 4.48. The SMILES string of the molecule is CC(C)(C)n1ncc2c(=O)n(CC(=O)Nc3cccc([N+](=O)[O-])c3)cnc21. The highest BCUT2D eigenvalue weighted by Crippen LogP contribution is 2.18. The molecule has 0 atom stereocenters. The number of benzene rings is 1. The molecule has 0 unspecified atom stereocenters. The van der Waals surface area contributed by atoms with Crippen LogP contribution in [-0.2, 0) is 16.9 Å². The summed E-state index contributed by atoms with van der Waals surface area (Å²) >= 11 is 0. The van der Waals surface area contributed by atoms with E-state index in [-0.39, 0.29) is 29.0 Å². The van der Waals surface area contributed by atoms with E-state index in [0.717, 1.165) is 0 Å². The van der Waals surface area contributed by atoms with E-state index in [1.165, 1.54) is 41.4 Å². The molecule has 1 aromatic carbocycles. The van der Waals surface area contributed by atoms with Crippen molar-refractivity contribution in [1.29, 1.82) is 0 Å². The van der Waals surface area contributed by atoms with Crippen molar-refractivity contribution in [2.24, 2.45) is 0 Å². The van der Waals surface area contributed by atoms with Crippen LogP contribution >= 0.6 is 0 Å². The van der Waals surface area contributed by atoms with Gasteiger partial charge in [-0.2, -0.15) is 5.10 Å². The van der Waals surface area contributed by atoms with Crippen LogP contribution in [0.5, 0.6) is 0 Å². The molecule has 10 heteroatoms. The summed E-state index contributed by atoms with van der Waals surface area (Å²) in [5, 5.41) is 17.9. The summed E-state index contributed by atoms with van der Waals surface area (Å²) in [5.41, 5.74) is -0.140. The van der Waals surface area contributed by atoms with Crippen LogP contribution in [0, 0.1) is 10.1 Å². The topological polar surface area (TPSA) is 125 Å². The molecule has 0 aliphatic rings. The summed E-state index contributed by atoms with van der Waals surface area (Å²) in [6.45, 7) is 5.56. The molecule has 3 rings (SSSR count). The third-order valence-electron chi connectivity index (χ3n) is 3.84. The lowest BCUT2D eigenvalue weighted by molar-refractivity contribution is -0.384. The van der Waals surface area contributed by atoms with Crippen LogP contribution < -0.4 is 10.9 Å².